The molecule has 9 aromatic carbocycles. The molecule has 9 aromatic rings. The van der Waals surface area contributed by atoms with Crippen molar-refractivity contribution in [2.24, 2.45) is 0 Å². The van der Waals surface area contributed by atoms with E-state index in [1.807, 2.05) is 0 Å². The van der Waals surface area contributed by atoms with Crippen LogP contribution in [0.3, 0.4) is 0 Å². The lowest BCUT2D eigenvalue weighted by molar-refractivity contribution is 0.489. The Balaban J connectivity index is 1.19. The topological polar surface area (TPSA) is 12.5 Å². The van der Waals surface area contributed by atoms with Crippen molar-refractivity contribution in [2.45, 2.75) is 0 Å². The summed E-state index contributed by atoms with van der Waals surface area (Å²) in [7, 11) is 0. The Morgan fingerprint density at radius 1 is 0.296 bits per heavy atom. The summed E-state index contributed by atoms with van der Waals surface area (Å²) in [6.45, 7) is 0. The van der Waals surface area contributed by atoms with Crippen LogP contribution in [0.25, 0.3) is 66.4 Å². The number of ether oxygens (including phenoxy) is 1. The van der Waals surface area contributed by atoms with Crippen molar-refractivity contribution in [3.63, 3.8) is 0 Å². The molecule has 0 atom stereocenters. The second kappa shape index (κ2) is 13.4. The zero-order chi connectivity index (χ0) is 35.8. The van der Waals surface area contributed by atoms with E-state index in [0.29, 0.717) is 0 Å². The highest BCUT2D eigenvalue weighted by atomic mass is 16.5. The summed E-state index contributed by atoms with van der Waals surface area (Å²) in [5, 5.41) is 2.33. The van der Waals surface area contributed by atoms with Gasteiger partial charge in [-0.15, -0.1) is 0 Å². The lowest BCUT2D eigenvalue weighted by Crippen LogP contribution is -2.11. The molecule has 0 N–H and O–H groups in total. The quantitative estimate of drug-likeness (QED) is 0.172. The SMILES string of the molecule is c1ccc(-c2ccc(N(c3ccc(-c4ccccc4)cc3)c3cccc4c3Oc3cc5ccccc5cc3-c3ccc(-c5ccccc5)cc3-4)cc2)cc1. The molecule has 0 saturated carbocycles. The Bertz CT molecular complexity index is 2670. The van der Waals surface area contributed by atoms with E-state index >= 15 is 0 Å². The van der Waals surface area contributed by atoms with Crippen molar-refractivity contribution in [3.8, 4) is 67.1 Å². The summed E-state index contributed by atoms with van der Waals surface area (Å²) in [5.74, 6) is 1.66. The summed E-state index contributed by atoms with van der Waals surface area (Å²) >= 11 is 0. The molecule has 1 aliphatic rings. The van der Waals surface area contributed by atoms with Crippen LogP contribution in [0.2, 0.25) is 0 Å². The van der Waals surface area contributed by atoms with Gasteiger partial charge in [0.15, 0.2) is 5.75 Å². The van der Waals surface area contributed by atoms with Crippen molar-refractivity contribution in [2.75, 3.05) is 4.90 Å². The Morgan fingerprint density at radius 2 is 0.778 bits per heavy atom. The van der Waals surface area contributed by atoms with Crippen LogP contribution in [-0.2, 0) is 0 Å². The molecule has 10 rings (SSSR count). The van der Waals surface area contributed by atoms with Gasteiger partial charge >= 0.3 is 0 Å². The Morgan fingerprint density at radius 3 is 1.35 bits per heavy atom. The molecule has 0 bridgehead atoms. The summed E-state index contributed by atoms with van der Waals surface area (Å²) in [6.07, 6.45) is 0. The van der Waals surface area contributed by atoms with Crippen LogP contribution < -0.4 is 9.64 Å². The minimum absolute atomic E-state index is 0.817. The summed E-state index contributed by atoms with van der Waals surface area (Å²) in [5.41, 5.74) is 14.5. The van der Waals surface area contributed by atoms with E-state index in [0.717, 1.165) is 56.2 Å². The molecule has 1 aliphatic heterocycles. The van der Waals surface area contributed by atoms with Crippen molar-refractivity contribution in [3.05, 3.63) is 212 Å². The van der Waals surface area contributed by atoms with Gasteiger partial charge in [0.1, 0.15) is 5.75 Å². The van der Waals surface area contributed by atoms with Crippen molar-refractivity contribution < 1.29 is 4.74 Å². The van der Waals surface area contributed by atoms with E-state index in [-0.39, 0.29) is 0 Å². The monoisotopic (exact) mass is 689 g/mol. The van der Waals surface area contributed by atoms with E-state index in [2.05, 4.69) is 217 Å². The maximum absolute atomic E-state index is 7.24. The van der Waals surface area contributed by atoms with Crippen LogP contribution in [0.4, 0.5) is 17.1 Å². The zero-order valence-corrected chi connectivity index (χ0v) is 29.6. The Hall–Kier alpha value is -7.16. The smallest absolute Gasteiger partial charge is 0.159 e. The van der Waals surface area contributed by atoms with Crippen LogP contribution in [0, 0.1) is 0 Å². The molecular formula is C52H35NO. The van der Waals surface area contributed by atoms with Crippen molar-refractivity contribution in [1.82, 2.24) is 0 Å². The molecule has 2 heteroatoms. The summed E-state index contributed by atoms with van der Waals surface area (Å²) in [6, 6.07) is 75.7. The molecule has 0 saturated heterocycles. The van der Waals surface area contributed by atoms with E-state index in [1.54, 1.807) is 0 Å². The Kier molecular flexibility index (Phi) is 7.85. The van der Waals surface area contributed by atoms with Crippen LogP contribution in [0.15, 0.2) is 212 Å². The van der Waals surface area contributed by atoms with E-state index in [1.165, 1.54) is 38.8 Å². The van der Waals surface area contributed by atoms with Crippen molar-refractivity contribution in [1.29, 1.82) is 0 Å². The van der Waals surface area contributed by atoms with Gasteiger partial charge in [-0.2, -0.15) is 0 Å². The second-order valence-corrected chi connectivity index (χ2v) is 13.7. The number of hydrogen-bond donors (Lipinski definition) is 0. The predicted octanol–water partition coefficient (Wildman–Crippen LogP) is 14.8. The normalized spacial score (nSPS) is 11.5. The number of hydrogen-bond acceptors (Lipinski definition) is 2. The van der Waals surface area contributed by atoms with Crippen LogP contribution in [0.1, 0.15) is 0 Å². The summed E-state index contributed by atoms with van der Waals surface area (Å²) < 4.78 is 7.24. The first-order valence-corrected chi connectivity index (χ1v) is 18.4. The number of para-hydroxylation sites is 1. The van der Waals surface area contributed by atoms with Gasteiger partial charge in [-0.05, 0) is 104 Å². The second-order valence-electron chi connectivity index (χ2n) is 13.7. The third-order valence-electron chi connectivity index (χ3n) is 10.5. The molecule has 254 valence electrons. The van der Waals surface area contributed by atoms with E-state index < -0.39 is 0 Å². The average molecular weight is 690 g/mol. The van der Waals surface area contributed by atoms with Crippen LogP contribution in [-0.4, -0.2) is 0 Å². The maximum Gasteiger partial charge on any atom is 0.159 e. The minimum Gasteiger partial charge on any atom is -0.454 e. The molecule has 0 aromatic heterocycles. The fraction of sp³-hybridized carbons (Fsp3) is 0. The third kappa shape index (κ3) is 5.71. The van der Waals surface area contributed by atoms with Crippen molar-refractivity contribution >= 4 is 27.8 Å². The first-order valence-electron chi connectivity index (χ1n) is 18.4. The van der Waals surface area contributed by atoms with Gasteiger partial charge in [-0.25, -0.2) is 0 Å². The van der Waals surface area contributed by atoms with Gasteiger partial charge in [-0.3, -0.25) is 0 Å². The first-order chi connectivity index (χ1) is 26.8. The van der Waals surface area contributed by atoms with E-state index in [4.69, 9.17) is 4.74 Å². The molecule has 0 aliphatic carbocycles. The molecule has 2 nitrogen and oxygen atoms in total. The molecule has 0 radical (unpaired) electrons. The fourth-order valence-corrected chi connectivity index (χ4v) is 7.75. The average Bonchev–Trinajstić information content (AvgIpc) is 3.38. The Labute approximate surface area is 315 Å². The van der Waals surface area contributed by atoms with E-state index in [9.17, 15) is 0 Å². The van der Waals surface area contributed by atoms with Crippen LogP contribution >= 0.6 is 0 Å². The first kappa shape index (κ1) is 31.6. The fourth-order valence-electron chi connectivity index (χ4n) is 7.75. The standard InChI is InChI=1S/C52H35NO/c1-4-13-36(14-5-1)39-23-28-44(29-24-39)53(45-30-25-40(26-31-45)37-15-6-2-7-16-37)50-22-12-21-47-48-33-43(38-17-8-3-9-18-38)27-32-46(48)49-34-41-19-10-11-20-42(41)35-51(49)54-52(47)50/h1-35H. The molecular weight excluding hydrogens is 655 g/mol. The zero-order valence-electron chi connectivity index (χ0n) is 29.6. The van der Waals surface area contributed by atoms with Gasteiger partial charge in [0, 0.05) is 22.5 Å². The summed E-state index contributed by atoms with van der Waals surface area (Å²) in [4.78, 5) is 2.33. The molecule has 0 amide bonds. The molecule has 1 heterocycles. The number of nitrogens with zero attached hydrogens (tertiary/aromatic N) is 1. The molecule has 54 heavy (non-hydrogen) atoms. The molecule has 0 fully saturated rings. The largest absolute Gasteiger partial charge is 0.454 e. The highest BCUT2D eigenvalue weighted by Crippen LogP contribution is 2.54. The van der Waals surface area contributed by atoms with Gasteiger partial charge in [0.2, 0.25) is 0 Å². The highest BCUT2D eigenvalue weighted by Gasteiger charge is 2.27. The molecule has 0 unspecified atom stereocenters. The van der Waals surface area contributed by atoms with Gasteiger partial charge in [0.25, 0.3) is 0 Å². The van der Waals surface area contributed by atoms with Gasteiger partial charge < -0.3 is 9.64 Å². The van der Waals surface area contributed by atoms with Gasteiger partial charge in [0.05, 0.1) is 5.69 Å². The predicted molar refractivity (Wildman–Crippen MR) is 226 cm³/mol. The van der Waals surface area contributed by atoms with Crippen LogP contribution in [0.5, 0.6) is 11.5 Å². The molecule has 0 spiro atoms. The number of rotatable bonds is 6. The van der Waals surface area contributed by atoms with Gasteiger partial charge in [-0.1, -0.05) is 164 Å². The minimum atomic E-state index is 0.817. The number of fused-ring (bicyclic) bond motifs is 6. The number of benzene rings is 9. The number of anilines is 3. The third-order valence-corrected chi connectivity index (χ3v) is 10.5. The highest BCUT2D eigenvalue weighted by molar-refractivity contribution is 6.00. The maximum atomic E-state index is 7.24. The lowest BCUT2D eigenvalue weighted by Gasteiger charge is -2.28. The lowest BCUT2D eigenvalue weighted by atomic mass is 9.90.